The van der Waals surface area contributed by atoms with Gasteiger partial charge in [0.15, 0.2) is 0 Å². The fourth-order valence-electron chi connectivity index (χ4n) is 4.23. The van der Waals surface area contributed by atoms with Crippen LogP contribution in [0.5, 0.6) is 0 Å². The summed E-state index contributed by atoms with van der Waals surface area (Å²) in [5.74, 6) is 0.907. The van der Waals surface area contributed by atoms with E-state index in [1.54, 1.807) is 0 Å². The molecule has 1 fully saturated rings. The van der Waals surface area contributed by atoms with Crippen LogP contribution in [0.15, 0.2) is 60.7 Å². The van der Waals surface area contributed by atoms with Gasteiger partial charge in [0, 0.05) is 6.61 Å². The zero-order valence-corrected chi connectivity index (χ0v) is 17.5. The highest BCUT2D eigenvalue weighted by Gasteiger charge is 2.52. The van der Waals surface area contributed by atoms with Crippen LogP contribution in [-0.2, 0) is 4.43 Å². The molecular formula is C23H32O2Si. The average molecular weight is 369 g/mol. The number of benzene rings is 2. The molecule has 140 valence electrons. The van der Waals surface area contributed by atoms with Crippen LogP contribution in [0.4, 0.5) is 0 Å². The molecule has 0 radical (unpaired) electrons. The maximum atomic E-state index is 10.1. The lowest BCUT2D eigenvalue weighted by Crippen LogP contribution is -2.66. The molecule has 1 aliphatic carbocycles. The van der Waals surface area contributed by atoms with E-state index in [4.69, 9.17) is 4.43 Å². The van der Waals surface area contributed by atoms with E-state index in [9.17, 15) is 5.11 Å². The number of aliphatic hydroxyl groups excluding tert-OH is 1. The van der Waals surface area contributed by atoms with E-state index >= 15 is 0 Å². The minimum Gasteiger partial charge on any atom is -0.407 e. The van der Waals surface area contributed by atoms with Crippen LogP contribution in [0.3, 0.4) is 0 Å². The Bertz CT molecular complexity index is 654. The standard InChI is InChI=1S/C23H32O2Si/c1-5-22(24)21-16-18(21)17-25-26(23(2,3)4,19-12-8-6-9-13-19)20-14-10-7-11-15-20/h6-15,18,21-22,24H,5,16-17H2,1-4H3/t18-,21+,22-/m0/s1. The van der Waals surface area contributed by atoms with Crippen LogP contribution in [0, 0.1) is 11.8 Å². The molecule has 0 spiro atoms. The van der Waals surface area contributed by atoms with E-state index in [0.717, 1.165) is 19.4 Å². The van der Waals surface area contributed by atoms with Gasteiger partial charge in [-0.25, -0.2) is 0 Å². The van der Waals surface area contributed by atoms with Crippen molar-refractivity contribution < 1.29 is 9.53 Å². The van der Waals surface area contributed by atoms with E-state index in [2.05, 4.69) is 88.4 Å². The lowest BCUT2D eigenvalue weighted by atomic mass is 10.1. The van der Waals surface area contributed by atoms with Gasteiger partial charge in [0.05, 0.1) is 6.10 Å². The molecule has 3 heteroatoms. The van der Waals surface area contributed by atoms with Crippen molar-refractivity contribution in [3.63, 3.8) is 0 Å². The minimum absolute atomic E-state index is 0.0173. The minimum atomic E-state index is -2.43. The topological polar surface area (TPSA) is 29.5 Å². The molecule has 0 heterocycles. The summed E-state index contributed by atoms with van der Waals surface area (Å²) in [7, 11) is -2.43. The van der Waals surface area contributed by atoms with Crippen molar-refractivity contribution in [3.8, 4) is 0 Å². The number of aliphatic hydroxyl groups is 1. The number of hydrogen-bond donors (Lipinski definition) is 1. The SMILES string of the molecule is CC[C@H](O)[C@@H]1C[C@H]1CO[Si](c1ccccc1)(c1ccccc1)C(C)(C)C. The average Bonchev–Trinajstić information content (AvgIpc) is 3.42. The predicted octanol–water partition coefficient (Wildman–Crippen LogP) is 3.97. The molecule has 1 aliphatic rings. The van der Waals surface area contributed by atoms with Crippen molar-refractivity contribution in [3.05, 3.63) is 60.7 Å². The smallest absolute Gasteiger partial charge is 0.261 e. The van der Waals surface area contributed by atoms with Crippen LogP contribution in [-0.4, -0.2) is 26.1 Å². The van der Waals surface area contributed by atoms with E-state index in [1.165, 1.54) is 10.4 Å². The Hall–Kier alpha value is -1.42. The largest absolute Gasteiger partial charge is 0.407 e. The quantitative estimate of drug-likeness (QED) is 0.749. The third kappa shape index (κ3) is 3.66. The number of rotatable bonds is 7. The summed E-state index contributed by atoms with van der Waals surface area (Å²) in [4.78, 5) is 0. The van der Waals surface area contributed by atoms with Crippen LogP contribution >= 0.6 is 0 Å². The van der Waals surface area contributed by atoms with E-state index < -0.39 is 8.32 Å². The van der Waals surface area contributed by atoms with Crippen LogP contribution < -0.4 is 10.4 Å². The van der Waals surface area contributed by atoms with Gasteiger partial charge in [0.25, 0.3) is 8.32 Å². The zero-order valence-electron chi connectivity index (χ0n) is 16.5. The van der Waals surface area contributed by atoms with Crippen molar-refractivity contribution in [1.82, 2.24) is 0 Å². The van der Waals surface area contributed by atoms with E-state index in [0.29, 0.717) is 11.8 Å². The number of hydrogen-bond acceptors (Lipinski definition) is 2. The van der Waals surface area contributed by atoms with Gasteiger partial charge in [-0.3, -0.25) is 0 Å². The summed E-state index contributed by atoms with van der Waals surface area (Å²) >= 11 is 0. The second-order valence-electron chi connectivity index (χ2n) is 8.61. The summed E-state index contributed by atoms with van der Waals surface area (Å²) < 4.78 is 6.94. The maximum absolute atomic E-state index is 10.1. The highest BCUT2D eigenvalue weighted by Crippen LogP contribution is 2.44. The van der Waals surface area contributed by atoms with Gasteiger partial charge < -0.3 is 9.53 Å². The van der Waals surface area contributed by atoms with Crippen molar-refractivity contribution >= 4 is 18.7 Å². The van der Waals surface area contributed by atoms with E-state index in [1.807, 2.05) is 0 Å². The predicted molar refractivity (Wildman–Crippen MR) is 111 cm³/mol. The van der Waals surface area contributed by atoms with Crippen molar-refractivity contribution in [2.45, 2.75) is 51.7 Å². The summed E-state index contributed by atoms with van der Waals surface area (Å²) in [6.45, 7) is 9.73. The van der Waals surface area contributed by atoms with Crippen LogP contribution in [0.25, 0.3) is 0 Å². The first kappa shape index (κ1) is 19.3. The third-order valence-corrected chi connectivity index (χ3v) is 10.8. The summed E-state index contributed by atoms with van der Waals surface area (Å²) in [6, 6.07) is 21.6. The second kappa shape index (κ2) is 7.67. The highest BCUT2D eigenvalue weighted by atomic mass is 28.4. The molecule has 0 amide bonds. The van der Waals surface area contributed by atoms with Crippen molar-refractivity contribution in [2.75, 3.05) is 6.61 Å². The summed E-state index contributed by atoms with van der Waals surface area (Å²) in [5.41, 5.74) is 0. The van der Waals surface area contributed by atoms with E-state index in [-0.39, 0.29) is 11.1 Å². The lowest BCUT2D eigenvalue weighted by Gasteiger charge is -2.43. The normalized spacial score (nSPS) is 21.4. The molecule has 0 aliphatic heterocycles. The Labute approximate surface area is 159 Å². The molecule has 0 bridgehead atoms. The first-order valence-corrected chi connectivity index (χ1v) is 11.7. The second-order valence-corrected chi connectivity index (χ2v) is 12.9. The summed E-state index contributed by atoms with van der Waals surface area (Å²) in [6.07, 6.45) is 1.75. The first-order valence-electron chi connectivity index (χ1n) is 9.83. The van der Waals surface area contributed by atoms with Gasteiger partial charge in [-0.05, 0) is 40.1 Å². The van der Waals surface area contributed by atoms with Gasteiger partial charge in [-0.2, -0.15) is 0 Å². The van der Waals surface area contributed by atoms with Crippen molar-refractivity contribution in [2.24, 2.45) is 11.8 Å². The molecule has 1 N–H and O–H groups in total. The Morgan fingerprint density at radius 1 is 1.00 bits per heavy atom. The Balaban J connectivity index is 1.96. The van der Waals surface area contributed by atoms with Gasteiger partial charge in [-0.15, -0.1) is 0 Å². The molecule has 3 rings (SSSR count). The monoisotopic (exact) mass is 368 g/mol. The molecule has 2 nitrogen and oxygen atoms in total. The zero-order chi connectivity index (χ0) is 18.8. The Kier molecular flexibility index (Phi) is 5.71. The van der Waals surface area contributed by atoms with Gasteiger partial charge >= 0.3 is 0 Å². The van der Waals surface area contributed by atoms with Crippen molar-refractivity contribution in [1.29, 1.82) is 0 Å². The molecule has 2 aromatic carbocycles. The highest BCUT2D eigenvalue weighted by molar-refractivity contribution is 6.99. The molecule has 0 unspecified atom stereocenters. The maximum Gasteiger partial charge on any atom is 0.261 e. The first-order chi connectivity index (χ1) is 12.4. The molecular weight excluding hydrogens is 336 g/mol. The molecule has 0 saturated heterocycles. The fraction of sp³-hybridized carbons (Fsp3) is 0.478. The molecule has 0 aromatic heterocycles. The fourth-order valence-corrected chi connectivity index (χ4v) is 8.85. The molecule has 1 saturated carbocycles. The van der Waals surface area contributed by atoms with Gasteiger partial charge in [-0.1, -0.05) is 88.4 Å². The summed E-state index contributed by atoms with van der Waals surface area (Å²) in [5, 5.41) is 12.8. The lowest BCUT2D eigenvalue weighted by molar-refractivity contribution is 0.133. The molecule has 3 atom stereocenters. The third-order valence-electron chi connectivity index (χ3n) is 5.82. The Morgan fingerprint density at radius 3 is 1.92 bits per heavy atom. The van der Waals surface area contributed by atoms with Gasteiger partial charge in [0.2, 0.25) is 0 Å². The Morgan fingerprint density at radius 2 is 1.50 bits per heavy atom. The molecule has 26 heavy (non-hydrogen) atoms. The van der Waals surface area contributed by atoms with Crippen LogP contribution in [0.1, 0.15) is 40.5 Å². The molecule has 2 aromatic rings. The van der Waals surface area contributed by atoms with Gasteiger partial charge in [0.1, 0.15) is 0 Å². The van der Waals surface area contributed by atoms with Crippen LogP contribution in [0.2, 0.25) is 5.04 Å².